The number of nitrogens with zero attached hydrogens (tertiary/aromatic N) is 1. The van der Waals surface area contributed by atoms with Crippen molar-refractivity contribution in [1.29, 1.82) is 0 Å². The molecule has 180 valence electrons. The molecule has 1 aromatic carbocycles. The van der Waals surface area contributed by atoms with Gasteiger partial charge in [0.1, 0.15) is 11.5 Å². The molecule has 33 heavy (non-hydrogen) atoms. The topological polar surface area (TPSA) is 118 Å². The number of halogens is 3. The van der Waals surface area contributed by atoms with E-state index in [-0.39, 0.29) is 22.2 Å². The molecule has 0 radical (unpaired) electrons. The van der Waals surface area contributed by atoms with Crippen molar-refractivity contribution in [3.8, 4) is 5.75 Å². The summed E-state index contributed by atoms with van der Waals surface area (Å²) < 4.78 is 36.1. The van der Waals surface area contributed by atoms with Gasteiger partial charge in [0.2, 0.25) is 0 Å². The quantitative estimate of drug-likeness (QED) is 0.488. The molecule has 0 saturated heterocycles. The van der Waals surface area contributed by atoms with Crippen LogP contribution in [0.5, 0.6) is 5.75 Å². The lowest BCUT2D eigenvalue weighted by atomic mass is 9.73. The van der Waals surface area contributed by atoms with E-state index in [2.05, 4.69) is 41.8 Å². The highest BCUT2D eigenvalue weighted by molar-refractivity contribution is 9.10. The molecule has 0 unspecified atom stereocenters. The van der Waals surface area contributed by atoms with Crippen molar-refractivity contribution in [2.75, 3.05) is 7.05 Å². The summed E-state index contributed by atoms with van der Waals surface area (Å²) >= 11 is 3.32. The second-order valence-corrected chi connectivity index (χ2v) is 8.88. The molecule has 1 atom stereocenters. The zero-order valence-corrected chi connectivity index (χ0v) is 19.7. The normalized spacial score (nSPS) is 23.3. The molecular weight excluding hydrogens is 506 g/mol. The van der Waals surface area contributed by atoms with Crippen molar-refractivity contribution in [2.24, 2.45) is 11.0 Å². The molecule has 1 aliphatic carbocycles. The van der Waals surface area contributed by atoms with Crippen LogP contribution in [0.3, 0.4) is 0 Å². The maximum atomic E-state index is 12.8. The Labute approximate surface area is 197 Å². The third-order valence-electron chi connectivity index (χ3n) is 5.82. The van der Waals surface area contributed by atoms with Crippen molar-refractivity contribution >= 4 is 39.5 Å². The van der Waals surface area contributed by atoms with Gasteiger partial charge in [-0.15, -0.1) is 0 Å². The minimum absolute atomic E-state index is 0.0494. The second-order valence-electron chi connectivity index (χ2n) is 8.08. The highest BCUT2D eigenvalue weighted by atomic mass is 79.9. The maximum absolute atomic E-state index is 12.8. The number of alkyl halides is 2. The van der Waals surface area contributed by atoms with Gasteiger partial charge in [0, 0.05) is 18.7 Å². The van der Waals surface area contributed by atoms with E-state index in [1.807, 2.05) is 6.92 Å². The molecule has 1 saturated carbocycles. The number of hydrogen-bond donors (Lipinski definition) is 3. The minimum atomic E-state index is -2.99. The third kappa shape index (κ3) is 5.79. The smallest absolute Gasteiger partial charge is 0.428 e. The Morgan fingerprint density at radius 3 is 2.67 bits per heavy atom. The fraction of sp³-hybridized carbons (Fsp3) is 0.524. The van der Waals surface area contributed by atoms with Crippen LogP contribution in [0.15, 0.2) is 27.8 Å². The van der Waals surface area contributed by atoms with Crippen molar-refractivity contribution in [3.63, 3.8) is 0 Å². The van der Waals surface area contributed by atoms with Crippen LogP contribution in [0.1, 0.15) is 44.6 Å². The number of hydrazone groups is 1. The minimum Gasteiger partial charge on any atom is -0.435 e. The number of hydrogen-bond acceptors (Lipinski definition) is 6. The first-order valence-corrected chi connectivity index (χ1v) is 11.3. The number of benzene rings is 1. The lowest BCUT2D eigenvalue weighted by molar-refractivity contribution is -0.139. The van der Waals surface area contributed by atoms with Gasteiger partial charge < -0.3 is 20.1 Å². The van der Waals surface area contributed by atoms with Gasteiger partial charge in [-0.05, 0) is 66.9 Å². The number of carbonyl (C=O) groups is 3. The largest absolute Gasteiger partial charge is 0.435 e. The summed E-state index contributed by atoms with van der Waals surface area (Å²) in [4.78, 5) is 35.2. The van der Waals surface area contributed by atoms with E-state index in [4.69, 9.17) is 4.74 Å². The lowest BCUT2D eigenvalue weighted by Crippen LogP contribution is -2.52. The van der Waals surface area contributed by atoms with Gasteiger partial charge in [-0.25, -0.2) is 10.2 Å². The number of carbonyl (C=O) groups excluding carboxylic acids is 3. The number of likely N-dealkylation sites (N-methyl/N-ethyl adjacent to an activating group) is 1. The fourth-order valence-corrected chi connectivity index (χ4v) is 4.86. The number of ether oxygens (including phenoxy) is 2. The number of amides is 3. The standard InChI is InChI=1S/C21H25BrF2N4O5/c1-11(26-18(30)17(29)25-2)10-12-6-8-21(9-7-12)16(27-28-20(31)33-21)13-4-3-5-14(15(13)22)32-19(23)24/h3-5,11-12,19H,6-10H2,1-2H3,(H,25,29)(H,26,30)(H,28,31)/t11-,12?,21?/m0/s1. The van der Waals surface area contributed by atoms with Crippen LogP contribution in [0.25, 0.3) is 0 Å². The van der Waals surface area contributed by atoms with Crippen LogP contribution in [-0.4, -0.2) is 48.9 Å². The first-order chi connectivity index (χ1) is 15.6. The van der Waals surface area contributed by atoms with E-state index < -0.39 is 30.1 Å². The molecule has 3 rings (SSSR count). The molecule has 2 aliphatic rings. The summed E-state index contributed by atoms with van der Waals surface area (Å²) in [5.74, 6) is -1.21. The number of nitrogens with one attached hydrogen (secondary N) is 3. The van der Waals surface area contributed by atoms with Crippen LogP contribution in [0.4, 0.5) is 13.6 Å². The molecule has 1 fully saturated rings. The van der Waals surface area contributed by atoms with Gasteiger partial charge in [-0.3, -0.25) is 9.59 Å². The molecule has 0 bridgehead atoms. The van der Waals surface area contributed by atoms with Crippen LogP contribution >= 0.6 is 15.9 Å². The van der Waals surface area contributed by atoms with E-state index in [1.54, 1.807) is 12.1 Å². The van der Waals surface area contributed by atoms with Crippen molar-refractivity contribution in [1.82, 2.24) is 16.1 Å². The Morgan fingerprint density at radius 2 is 2.03 bits per heavy atom. The van der Waals surface area contributed by atoms with Crippen LogP contribution < -0.4 is 20.8 Å². The molecule has 3 N–H and O–H groups in total. The summed E-state index contributed by atoms with van der Waals surface area (Å²) in [7, 11) is 1.39. The first-order valence-electron chi connectivity index (χ1n) is 10.5. The SMILES string of the molecule is CNC(=O)C(=O)N[C@@H](C)CC1CCC2(CC1)OC(=O)NN=C2c1cccc(OC(F)F)c1Br. The van der Waals surface area contributed by atoms with E-state index in [1.165, 1.54) is 13.1 Å². The maximum Gasteiger partial charge on any atom is 0.428 e. The molecule has 1 aromatic rings. The Hall–Kier alpha value is -2.76. The Morgan fingerprint density at radius 1 is 1.33 bits per heavy atom. The predicted molar refractivity (Wildman–Crippen MR) is 118 cm³/mol. The number of rotatable bonds is 6. The predicted octanol–water partition coefficient (Wildman–Crippen LogP) is 3.06. The second kappa shape index (κ2) is 10.4. The summed E-state index contributed by atoms with van der Waals surface area (Å²) in [6.45, 7) is -1.16. The van der Waals surface area contributed by atoms with Gasteiger partial charge in [0.05, 0.1) is 4.47 Å². The van der Waals surface area contributed by atoms with Crippen molar-refractivity contribution < 1.29 is 32.6 Å². The zero-order chi connectivity index (χ0) is 24.2. The van der Waals surface area contributed by atoms with E-state index in [0.29, 0.717) is 43.4 Å². The summed E-state index contributed by atoms with van der Waals surface area (Å²) in [5.41, 5.74) is 2.20. The average molecular weight is 531 g/mol. The Kier molecular flexibility index (Phi) is 7.88. The third-order valence-corrected chi connectivity index (χ3v) is 6.64. The fourth-order valence-electron chi connectivity index (χ4n) is 4.32. The Bertz CT molecular complexity index is 951. The lowest BCUT2D eigenvalue weighted by Gasteiger charge is -2.42. The van der Waals surface area contributed by atoms with Crippen LogP contribution in [0, 0.1) is 5.92 Å². The summed E-state index contributed by atoms with van der Waals surface area (Å²) in [6, 6.07) is 4.44. The van der Waals surface area contributed by atoms with Crippen LogP contribution in [0.2, 0.25) is 0 Å². The van der Waals surface area contributed by atoms with Crippen molar-refractivity contribution in [3.05, 3.63) is 28.2 Å². The molecular formula is C21H25BrF2N4O5. The molecule has 1 spiro atoms. The van der Waals surface area contributed by atoms with Crippen LogP contribution in [-0.2, 0) is 14.3 Å². The highest BCUT2D eigenvalue weighted by Gasteiger charge is 2.47. The molecule has 9 nitrogen and oxygen atoms in total. The van der Waals surface area contributed by atoms with Gasteiger partial charge >= 0.3 is 24.5 Å². The monoisotopic (exact) mass is 530 g/mol. The van der Waals surface area contributed by atoms with E-state index in [0.717, 1.165) is 0 Å². The zero-order valence-electron chi connectivity index (χ0n) is 18.1. The first kappa shape index (κ1) is 24.9. The van der Waals surface area contributed by atoms with Gasteiger partial charge in [-0.2, -0.15) is 13.9 Å². The van der Waals surface area contributed by atoms with Gasteiger partial charge in [-0.1, -0.05) is 12.1 Å². The summed E-state index contributed by atoms with van der Waals surface area (Å²) in [5, 5.41) is 9.16. The van der Waals surface area contributed by atoms with Crippen molar-refractivity contribution in [2.45, 2.75) is 57.3 Å². The molecule has 12 heteroatoms. The molecule has 0 aromatic heterocycles. The Balaban J connectivity index is 1.74. The molecule has 1 aliphatic heterocycles. The van der Waals surface area contributed by atoms with Gasteiger partial charge in [0.25, 0.3) is 0 Å². The van der Waals surface area contributed by atoms with E-state index >= 15 is 0 Å². The van der Waals surface area contributed by atoms with Gasteiger partial charge in [0.15, 0.2) is 5.60 Å². The highest BCUT2D eigenvalue weighted by Crippen LogP contribution is 2.42. The molecule has 1 heterocycles. The summed E-state index contributed by atoms with van der Waals surface area (Å²) in [6.07, 6.45) is 2.26. The molecule has 3 amide bonds. The average Bonchev–Trinajstić information content (AvgIpc) is 2.76. The van der Waals surface area contributed by atoms with E-state index in [9.17, 15) is 23.2 Å².